The predicted molar refractivity (Wildman–Crippen MR) is 102 cm³/mol. The Bertz CT molecular complexity index is 657. The van der Waals surface area contributed by atoms with Gasteiger partial charge < -0.3 is 15.1 Å². The summed E-state index contributed by atoms with van der Waals surface area (Å²) in [5.74, 6) is 2.35. The molecule has 2 N–H and O–H groups in total. The predicted octanol–water partition coefficient (Wildman–Crippen LogP) is 3.91. The van der Waals surface area contributed by atoms with Gasteiger partial charge in [0, 0.05) is 24.0 Å². The Morgan fingerprint density at radius 3 is 2.68 bits per heavy atom. The maximum Gasteiger partial charge on any atom is 0.191 e. The van der Waals surface area contributed by atoms with Gasteiger partial charge in [-0.25, -0.2) is 4.99 Å². The molecule has 0 aliphatic carbocycles. The third-order valence-corrected chi connectivity index (χ3v) is 4.43. The molecule has 1 saturated heterocycles. The van der Waals surface area contributed by atoms with Crippen LogP contribution in [0.4, 0.5) is 0 Å². The second kappa shape index (κ2) is 7.35. The fourth-order valence-corrected chi connectivity index (χ4v) is 2.87. The second-order valence-electron chi connectivity index (χ2n) is 5.99. The number of aryl methyl sites for hydroxylation is 1. The Hall–Kier alpha value is -1.24. The fraction of sp³-hybridized carbons (Fsp3) is 0.471. The van der Waals surface area contributed by atoms with Gasteiger partial charge in [-0.3, -0.25) is 0 Å². The van der Waals surface area contributed by atoms with Gasteiger partial charge in [0.1, 0.15) is 17.9 Å². The summed E-state index contributed by atoms with van der Waals surface area (Å²) < 4.78 is 5.87. The highest BCUT2D eigenvalue weighted by Crippen LogP contribution is 2.25. The molecule has 2 aromatic rings. The third kappa shape index (κ3) is 3.56. The van der Waals surface area contributed by atoms with Crippen molar-refractivity contribution in [2.24, 2.45) is 16.6 Å². The molecule has 1 aromatic heterocycles. The molecule has 2 heterocycles. The second-order valence-corrected chi connectivity index (χ2v) is 5.99. The van der Waals surface area contributed by atoms with Crippen LogP contribution in [0.5, 0.6) is 0 Å². The van der Waals surface area contributed by atoms with Crippen molar-refractivity contribution in [1.82, 2.24) is 4.90 Å². The minimum Gasteiger partial charge on any atom is -0.459 e. The van der Waals surface area contributed by atoms with E-state index in [4.69, 9.17) is 10.2 Å². The molecule has 1 aliphatic rings. The molecule has 0 atom stereocenters. The van der Waals surface area contributed by atoms with Crippen molar-refractivity contribution in [1.29, 1.82) is 0 Å². The smallest absolute Gasteiger partial charge is 0.191 e. The largest absolute Gasteiger partial charge is 0.459 e. The number of guanidine groups is 1. The van der Waals surface area contributed by atoms with Gasteiger partial charge >= 0.3 is 0 Å². The van der Waals surface area contributed by atoms with Crippen LogP contribution < -0.4 is 5.73 Å². The van der Waals surface area contributed by atoms with Crippen molar-refractivity contribution >= 4 is 40.9 Å². The molecule has 3 rings (SSSR count). The highest BCUT2D eigenvalue weighted by molar-refractivity contribution is 14.0. The highest BCUT2D eigenvalue weighted by atomic mass is 127. The summed E-state index contributed by atoms with van der Waals surface area (Å²) in [4.78, 5) is 6.70. The molecule has 0 bridgehead atoms. The van der Waals surface area contributed by atoms with Crippen molar-refractivity contribution in [2.75, 3.05) is 13.1 Å². The summed E-state index contributed by atoms with van der Waals surface area (Å²) in [7, 11) is 0. The van der Waals surface area contributed by atoms with Crippen LogP contribution >= 0.6 is 24.0 Å². The van der Waals surface area contributed by atoms with Gasteiger partial charge in [-0.2, -0.15) is 0 Å². The van der Waals surface area contributed by atoms with E-state index in [9.17, 15) is 0 Å². The zero-order chi connectivity index (χ0) is 14.8. The fourth-order valence-electron chi connectivity index (χ4n) is 2.87. The number of likely N-dealkylation sites (tertiary alicyclic amines) is 1. The van der Waals surface area contributed by atoms with Crippen LogP contribution in [0.25, 0.3) is 11.0 Å². The lowest BCUT2D eigenvalue weighted by Crippen LogP contribution is -2.42. The number of furan rings is 1. The first-order chi connectivity index (χ1) is 10.1. The zero-order valence-corrected chi connectivity index (χ0v) is 15.5. The number of rotatable bonds is 2. The standard InChI is InChI=1S/C17H23N3O.HI/c1-12-7-9-20(10-8-12)17(18)19-11-16-13(2)14-5-3-4-6-15(14)21-16;/h3-6,12H,7-11H2,1-2H3,(H2,18,19);1H. The lowest BCUT2D eigenvalue weighted by atomic mass is 10.00. The number of hydrogen-bond donors (Lipinski definition) is 1. The molecule has 0 spiro atoms. The normalized spacial score (nSPS) is 16.8. The molecule has 1 fully saturated rings. The van der Waals surface area contributed by atoms with Crippen LogP contribution in [0.1, 0.15) is 31.1 Å². The number of hydrogen-bond acceptors (Lipinski definition) is 2. The Kier molecular flexibility index (Phi) is 5.72. The van der Waals surface area contributed by atoms with Gasteiger partial charge in [-0.1, -0.05) is 25.1 Å². The molecule has 0 saturated carbocycles. The van der Waals surface area contributed by atoms with E-state index in [2.05, 4.69) is 29.8 Å². The van der Waals surface area contributed by atoms with E-state index < -0.39 is 0 Å². The SMILES string of the molecule is Cc1c(CN=C(N)N2CCC(C)CC2)oc2ccccc12.I. The number of halogens is 1. The Balaban J connectivity index is 0.00000176. The first-order valence-corrected chi connectivity index (χ1v) is 7.67. The summed E-state index contributed by atoms with van der Waals surface area (Å²) in [5.41, 5.74) is 8.20. The third-order valence-electron chi connectivity index (χ3n) is 4.43. The average Bonchev–Trinajstić information content (AvgIpc) is 2.82. The van der Waals surface area contributed by atoms with Crippen molar-refractivity contribution in [3.8, 4) is 0 Å². The molecule has 0 amide bonds. The molecule has 1 aromatic carbocycles. The molecule has 5 heteroatoms. The number of benzene rings is 1. The monoisotopic (exact) mass is 413 g/mol. The number of nitrogens with zero attached hydrogens (tertiary/aromatic N) is 2. The van der Waals surface area contributed by atoms with Crippen LogP contribution in [-0.4, -0.2) is 23.9 Å². The average molecular weight is 413 g/mol. The van der Waals surface area contributed by atoms with Gasteiger partial charge in [0.25, 0.3) is 0 Å². The number of nitrogens with two attached hydrogens (primary N) is 1. The van der Waals surface area contributed by atoms with E-state index in [1.54, 1.807) is 0 Å². The molecule has 1 aliphatic heterocycles. The van der Waals surface area contributed by atoms with Crippen molar-refractivity contribution in [2.45, 2.75) is 33.2 Å². The number of para-hydroxylation sites is 1. The number of piperidine rings is 1. The van der Waals surface area contributed by atoms with Crippen LogP contribution in [0.15, 0.2) is 33.7 Å². The lowest BCUT2D eigenvalue weighted by Gasteiger charge is -2.30. The summed E-state index contributed by atoms with van der Waals surface area (Å²) in [6.45, 7) is 6.90. The Morgan fingerprint density at radius 1 is 1.32 bits per heavy atom. The Labute approximate surface area is 148 Å². The van der Waals surface area contributed by atoms with E-state index in [-0.39, 0.29) is 24.0 Å². The van der Waals surface area contributed by atoms with E-state index >= 15 is 0 Å². The van der Waals surface area contributed by atoms with Crippen molar-refractivity contribution in [3.63, 3.8) is 0 Å². The first kappa shape index (κ1) is 17.1. The van der Waals surface area contributed by atoms with Crippen LogP contribution in [-0.2, 0) is 6.54 Å². The number of fused-ring (bicyclic) bond motifs is 1. The molecule has 4 nitrogen and oxygen atoms in total. The van der Waals surface area contributed by atoms with Gasteiger partial charge in [-0.05, 0) is 31.7 Å². The van der Waals surface area contributed by atoms with E-state index in [0.29, 0.717) is 12.5 Å². The topological polar surface area (TPSA) is 54.8 Å². The molecule has 0 unspecified atom stereocenters. The maximum atomic E-state index is 6.12. The lowest BCUT2D eigenvalue weighted by molar-refractivity contribution is 0.277. The summed E-state index contributed by atoms with van der Waals surface area (Å²) in [6, 6.07) is 8.09. The summed E-state index contributed by atoms with van der Waals surface area (Å²) in [5, 5.41) is 1.16. The minimum atomic E-state index is 0. The van der Waals surface area contributed by atoms with Crippen LogP contribution in [0, 0.1) is 12.8 Å². The molecule has 0 radical (unpaired) electrons. The van der Waals surface area contributed by atoms with Crippen LogP contribution in [0.2, 0.25) is 0 Å². The van der Waals surface area contributed by atoms with Gasteiger partial charge in [0.15, 0.2) is 5.96 Å². The number of aliphatic imine (C=N–C) groups is 1. The molecule has 22 heavy (non-hydrogen) atoms. The van der Waals surface area contributed by atoms with Gasteiger partial charge in [0.2, 0.25) is 0 Å². The van der Waals surface area contributed by atoms with Crippen LogP contribution in [0.3, 0.4) is 0 Å². The Morgan fingerprint density at radius 2 is 2.00 bits per heavy atom. The van der Waals surface area contributed by atoms with Crippen molar-refractivity contribution < 1.29 is 4.42 Å². The summed E-state index contributed by atoms with van der Waals surface area (Å²) >= 11 is 0. The van der Waals surface area contributed by atoms with Crippen molar-refractivity contribution in [3.05, 3.63) is 35.6 Å². The zero-order valence-electron chi connectivity index (χ0n) is 13.2. The summed E-state index contributed by atoms with van der Waals surface area (Å²) in [6.07, 6.45) is 2.39. The first-order valence-electron chi connectivity index (χ1n) is 7.67. The van der Waals surface area contributed by atoms with E-state index in [0.717, 1.165) is 41.3 Å². The molecule has 120 valence electrons. The molecular weight excluding hydrogens is 389 g/mol. The minimum absolute atomic E-state index is 0. The highest BCUT2D eigenvalue weighted by Gasteiger charge is 2.17. The molecular formula is C17H24IN3O. The maximum absolute atomic E-state index is 6.12. The quantitative estimate of drug-likeness (QED) is 0.462. The van der Waals surface area contributed by atoms with Gasteiger partial charge in [0.05, 0.1) is 0 Å². The van der Waals surface area contributed by atoms with E-state index in [1.165, 1.54) is 12.8 Å². The van der Waals surface area contributed by atoms with Gasteiger partial charge in [-0.15, -0.1) is 24.0 Å². The van der Waals surface area contributed by atoms with E-state index in [1.807, 2.05) is 18.2 Å².